The van der Waals surface area contributed by atoms with Crippen LogP contribution >= 0.6 is 11.8 Å². The lowest BCUT2D eigenvalue weighted by Crippen LogP contribution is -2.45. The summed E-state index contributed by atoms with van der Waals surface area (Å²) in [4.78, 5) is 0. The molecular weight excluding hydrogens is 170 g/mol. The summed E-state index contributed by atoms with van der Waals surface area (Å²) in [7, 11) is 0. The fourth-order valence-electron chi connectivity index (χ4n) is 1.11. The van der Waals surface area contributed by atoms with E-state index in [0.29, 0.717) is 12.0 Å². The predicted molar refractivity (Wildman–Crippen MR) is 54.6 cm³/mol. The Morgan fingerprint density at radius 1 is 1.58 bits per heavy atom. The van der Waals surface area contributed by atoms with Crippen LogP contribution in [0.4, 0.5) is 0 Å². The molecule has 2 nitrogen and oxygen atoms in total. The minimum absolute atomic E-state index is 0.166. The van der Waals surface area contributed by atoms with Crippen LogP contribution in [-0.2, 0) is 0 Å². The molecule has 1 aliphatic rings. The van der Waals surface area contributed by atoms with Crippen LogP contribution < -0.4 is 5.32 Å². The fraction of sp³-hybridized carbons (Fsp3) is 1.00. The summed E-state index contributed by atoms with van der Waals surface area (Å²) in [5, 5.41) is 13.0. The van der Waals surface area contributed by atoms with E-state index in [1.54, 1.807) is 0 Å². The number of hydrogen-bond donors (Lipinski definition) is 2. The van der Waals surface area contributed by atoms with Crippen LogP contribution in [0.1, 0.15) is 20.3 Å². The summed E-state index contributed by atoms with van der Waals surface area (Å²) in [6.07, 6.45) is 0.892. The number of aliphatic hydroxyl groups excluding tert-OH is 1. The number of thioether (sulfide) groups is 1. The Balaban J connectivity index is 2.04. The number of nitrogens with one attached hydrogen (secondary N) is 1. The maximum absolute atomic E-state index is 9.62. The Labute approximate surface area is 79.1 Å². The SMILES string of the molecule is CCC(C)C(O)CNC1CSC1. The number of rotatable bonds is 5. The molecule has 1 saturated heterocycles. The molecule has 0 aliphatic carbocycles. The van der Waals surface area contributed by atoms with Crippen molar-refractivity contribution in [3.8, 4) is 0 Å². The molecule has 0 aromatic rings. The van der Waals surface area contributed by atoms with Gasteiger partial charge in [-0.1, -0.05) is 20.3 Å². The van der Waals surface area contributed by atoms with Gasteiger partial charge < -0.3 is 10.4 Å². The Morgan fingerprint density at radius 2 is 2.25 bits per heavy atom. The molecule has 0 amide bonds. The van der Waals surface area contributed by atoms with Crippen molar-refractivity contribution in [2.75, 3.05) is 18.1 Å². The normalized spacial score (nSPS) is 23.2. The Bertz CT molecular complexity index is 128. The predicted octanol–water partition coefficient (Wildman–Crippen LogP) is 1.10. The standard InChI is InChI=1S/C9H19NOS/c1-3-7(2)9(11)4-10-8-5-12-6-8/h7-11H,3-6H2,1-2H3. The summed E-state index contributed by atoms with van der Waals surface area (Å²) in [5.74, 6) is 2.85. The van der Waals surface area contributed by atoms with Crippen LogP contribution in [0.25, 0.3) is 0 Å². The number of aliphatic hydroxyl groups is 1. The summed E-state index contributed by atoms with van der Waals surface area (Å²) in [6.45, 7) is 4.98. The molecule has 2 unspecified atom stereocenters. The molecule has 0 aromatic heterocycles. The van der Waals surface area contributed by atoms with Gasteiger partial charge >= 0.3 is 0 Å². The van der Waals surface area contributed by atoms with Gasteiger partial charge in [0, 0.05) is 24.1 Å². The molecule has 0 bridgehead atoms. The van der Waals surface area contributed by atoms with Gasteiger partial charge in [-0.2, -0.15) is 11.8 Å². The van der Waals surface area contributed by atoms with E-state index in [0.717, 1.165) is 13.0 Å². The summed E-state index contributed by atoms with van der Waals surface area (Å²) in [6, 6.07) is 0.661. The quantitative estimate of drug-likeness (QED) is 0.679. The molecule has 0 radical (unpaired) electrons. The third-order valence-electron chi connectivity index (χ3n) is 2.55. The van der Waals surface area contributed by atoms with Crippen LogP contribution in [-0.4, -0.2) is 35.3 Å². The zero-order valence-corrected chi connectivity index (χ0v) is 8.73. The molecule has 3 heteroatoms. The zero-order valence-electron chi connectivity index (χ0n) is 7.92. The average Bonchev–Trinajstić information content (AvgIpc) is 2.00. The van der Waals surface area contributed by atoms with Crippen molar-refractivity contribution in [2.45, 2.75) is 32.4 Å². The molecule has 12 heavy (non-hydrogen) atoms. The minimum Gasteiger partial charge on any atom is -0.392 e. The first kappa shape index (κ1) is 10.4. The van der Waals surface area contributed by atoms with Crippen molar-refractivity contribution in [3.05, 3.63) is 0 Å². The van der Waals surface area contributed by atoms with E-state index in [1.807, 2.05) is 11.8 Å². The minimum atomic E-state index is -0.166. The zero-order chi connectivity index (χ0) is 8.97. The van der Waals surface area contributed by atoms with Gasteiger partial charge in [0.25, 0.3) is 0 Å². The summed E-state index contributed by atoms with van der Waals surface area (Å²) in [5.41, 5.74) is 0. The second-order valence-corrected chi connectivity index (χ2v) is 4.67. The van der Waals surface area contributed by atoms with Crippen LogP contribution in [0.2, 0.25) is 0 Å². The highest BCUT2D eigenvalue weighted by Crippen LogP contribution is 2.17. The van der Waals surface area contributed by atoms with Crippen LogP contribution in [0, 0.1) is 5.92 Å². The second kappa shape index (κ2) is 5.10. The van der Waals surface area contributed by atoms with Gasteiger partial charge in [0.2, 0.25) is 0 Å². The lowest BCUT2D eigenvalue weighted by Gasteiger charge is -2.28. The molecule has 1 heterocycles. The van der Waals surface area contributed by atoms with Gasteiger partial charge in [0.1, 0.15) is 0 Å². The molecule has 72 valence electrons. The highest BCUT2D eigenvalue weighted by atomic mass is 32.2. The van der Waals surface area contributed by atoms with Crippen molar-refractivity contribution in [1.29, 1.82) is 0 Å². The van der Waals surface area contributed by atoms with E-state index in [4.69, 9.17) is 0 Å². The van der Waals surface area contributed by atoms with Gasteiger partial charge in [-0.05, 0) is 5.92 Å². The summed E-state index contributed by atoms with van der Waals surface area (Å²) < 4.78 is 0. The molecule has 2 N–H and O–H groups in total. The van der Waals surface area contributed by atoms with E-state index in [9.17, 15) is 5.11 Å². The highest BCUT2D eigenvalue weighted by Gasteiger charge is 2.19. The molecule has 2 atom stereocenters. The van der Waals surface area contributed by atoms with E-state index < -0.39 is 0 Å². The van der Waals surface area contributed by atoms with Gasteiger partial charge in [-0.25, -0.2) is 0 Å². The van der Waals surface area contributed by atoms with E-state index in [1.165, 1.54) is 11.5 Å². The summed E-state index contributed by atoms with van der Waals surface area (Å²) >= 11 is 1.97. The van der Waals surface area contributed by atoms with E-state index in [2.05, 4.69) is 19.2 Å². The number of hydrogen-bond acceptors (Lipinski definition) is 3. The third kappa shape index (κ3) is 2.96. The lowest BCUT2D eigenvalue weighted by atomic mass is 10.0. The third-order valence-corrected chi connectivity index (χ3v) is 3.83. The largest absolute Gasteiger partial charge is 0.392 e. The van der Waals surface area contributed by atoms with Crippen molar-refractivity contribution in [2.24, 2.45) is 5.92 Å². The average molecular weight is 189 g/mol. The first-order valence-electron chi connectivity index (χ1n) is 4.73. The fourth-order valence-corrected chi connectivity index (χ4v) is 1.82. The molecular formula is C9H19NOS. The molecule has 0 aromatic carbocycles. The van der Waals surface area contributed by atoms with E-state index >= 15 is 0 Å². The van der Waals surface area contributed by atoms with Gasteiger partial charge in [0.05, 0.1) is 6.10 Å². The van der Waals surface area contributed by atoms with Crippen LogP contribution in [0.15, 0.2) is 0 Å². The van der Waals surface area contributed by atoms with Crippen LogP contribution in [0.5, 0.6) is 0 Å². The molecule has 1 aliphatic heterocycles. The topological polar surface area (TPSA) is 32.3 Å². The lowest BCUT2D eigenvalue weighted by molar-refractivity contribution is 0.111. The van der Waals surface area contributed by atoms with Gasteiger partial charge in [0.15, 0.2) is 0 Å². The Morgan fingerprint density at radius 3 is 2.67 bits per heavy atom. The molecule has 0 spiro atoms. The van der Waals surface area contributed by atoms with Crippen molar-refractivity contribution in [3.63, 3.8) is 0 Å². The highest BCUT2D eigenvalue weighted by molar-refractivity contribution is 8.00. The smallest absolute Gasteiger partial charge is 0.0690 e. The van der Waals surface area contributed by atoms with Crippen molar-refractivity contribution < 1.29 is 5.11 Å². The molecule has 0 saturated carbocycles. The first-order valence-corrected chi connectivity index (χ1v) is 5.88. The van der Waals surface area contributed by atoms with E-state index in [-0.39, 0.29) is 6.10 Å². The van der Waals surface area contributed by atoms with Crippen LogP contribution in [0.3, 0.4) is 0 Å². The molecule has 1 fully saturated rings. The Kier molecular flexibility index (Phi) is 4.40. The van der Waals surface area contributed by atoms with Gasteiger partial charge in [-0.3, -0.25) is 0 Å². The first-order chi connectivity index (χ1) is 5.74. The maximum atomic E-state index is 9.62. The second-order valence-electron chi connectivity index (χ2n) is 3.60. The molecule has 1 rings (SSSR count). The van der Waals surface area contributed by atoms with Gasteiger partial charge in [-0.15, -0.1) is 0 Å². The van der Waals surface area contributed by atoms with Crippen molar-refractivity contribution in [1.82, 2.24) is 5.32 Å². The monoisotopic (exact) mass is 189 g/mol. The Hall–Kier alpha value is 0.270. The van der Waals surface area contributed by atoms with Crippen molar-refractivity contribution >= 4 is 11.8 Å². The maximum Gasteiger partial charge on any atom is 0.0690 e.